The highest BCUT2D eigenvalue weighted by molar-refractivity contribution is 6.86. The third-order valence-corrected chi connectivity index (χ3v) is 8.03. The summed E-state index contributed by atoms with van der Waals surface area (Å²) in [5.74, 6) is -1.80. The molecule has 1 unspecified atom stereocenters. The lowest BCUT2D eigenvalue weighted by atomic mass is 9.98. The predicted octanol–water partition coefficient (Wildman–Crippen LogP) is 2.17. The molecule has 136 valence electrons. The number of esters is 1. The van der Waals surface area contributed by atoms with E-state index >= 15 is 0 Å². The standard InChI is InChI=1S/C21H24O4Si/c1-21(2,3)20(25-19(24)15-14-18(22)23)26(16-10-6-4-7-11-16)17-12-8-5-9-13-17/h4-15,20,26H,1-3H3,(H,22,23)/b15-14-. The van der Waals surface area contributed by atoms with Gasteiger partial charge in [0.25, 0.3) is 0 Å². The van der Waals surface area contributed by atoms with Crippen LogP contribution in [-0.4, -0.2) is 31.6 Å². The van der Waals surface area contributed by atoms with E-state index in [-0.39, 0.29) is 11.1 Å². The van der Waals surface area contributed by atoms with E-state index in [0.29, 0.717) is 0 Å². The van der Waals surface area contributed by atoms with Gasteiger partial charge in [-0.25, -0.2) is 9.59 Å². The van der Waals surface area contributed by atoms with E-state index in [0.717, 1.165) is 12.2 Å². The molecular weight excluding hydrogens is 344 g/mol. The second kappa shape index (κ2) is 8.63. The fourth-order valence-corrected chi connectivity index (χ4v) is 6.54. The van der Waals surface area contributed by atoms with Crippen LogP contribution in [-0.2, 0) is 14.3 Å². The molecular formula is C21H24O4Si. The number of benzene rings is 2. The third-order valence-electron chi connectivity index (χ3n) is 4.08. The van der Waals surface area contributed by atoms with Gasteiger partial charge in [-0.15, -0.1) is 0 Å². The predicted molar refractivity (Wildman–Crippen MR) is 105 cm³/mol. The van der Waals surface area contributed by atoms with Crippen LogP contribution in [0.2, 0.25) is 0 Å². The summed E-state index contributed by atoms with van der Waals surface area (Å²) in [7, 11) is -1.92. The maximum absolute atomic E-state index is 12.2. The normalized spacial score (nSPS) is 12.9. The summed E-state index contributed by atoms with van der Waals surface area (Å²) < 4.78 is 5.81. The number of carbonyl (C=O) groups excluding carboxylic acids is 1. The lowest BCUT2D eigenvalue weighted by Gasteiger charge is -2.36. The second-order valence-corrected chi connectivity index (χ2v) is 10.1. The number of rotatable bonds is 6. The van der Waals surface area contributed by atoms with E-state index in [1.165, 1.54) is 10.4 Å². The molecule has 0 radical (unpaired) electrons. The molecule has 2 aromatic rings. The summed E-state index contributed by atoms with van der Waals surface area (Å²) in [5.41, 5.74) is -0.631. The molecule has 0 bridgehead atoms. The molecule has 0 aromatic heterocycles. The van der Waals surface area contributed by atoms with Crippen molar-refractivity contribution in [3.63, 3.8) is 0 Å². The van der Waals surface area contributed by atoms with E-state index in [9.17, 15) is 9.59 Å². The molecule has 1 atom stereocenters. The molecule has 5 heteroatoms. The highest BCUT2D eigenvalue weighted by Crippen LogP contribution is 2.25. The Bertz CT molecular complexity index is 724. The summed E-state index contributed by atoms with van der Waals surface area (Å²) >= 11 is 0. The lowest BCUT2D eigenvalue weighted by molar-refractivity contribution is -0.143. The first kappa shape index (κ1) is 19.7. The monoisotopic (exact) mass is 368 g/mol. The minimum Gasteiger partial charge on any atom is -0.478 e. The molecule has 0 aliphatic carbocycles. The van der Waals surface area contributed by atoms with Crippen molar-refractivity contribution < 1.29 is 19.4 Å². The van der Waals surface area contributed by atoms with Crippen LogP contribution in [0.4, 0.5) is 0 Å². The Morgan fingerprint density at radius 1 is 0.923 bits per heavy atom. The number of carboxylic acids is 1. The number of carbonyl (C=O) groups is 2. The Kier molecular flexibility index (Phi) is 6.52. The van der Waals surface area contributed by atoms with Gasteiger partial charge in [-0.05, 0) is 5.41 Å². The molecule has 0 aliphatic heterocycles. The van der Waals surface area contributed by atoms with Crippen LogP contribution < -0.4 is 10.4 Å². The molecule has 0 spiro atoms. The largest absolute Gasteiger partial charge is 0.478 e. The van der Waals surface area contributed by atoms with Gasteiger partial charge in [0.15, 0.2) is 0 Å². The molecule has 0 heterocycles. The first-order valence-corrected chi connectivity index (χ1v) is 10.3. The van der Waals surface area contributed by atoms with E-state index in [4.69, 9.17) is 9.84 Å². The van der Waals surface area contributed by atoms with Crippen LogP contribution >= 0.6 is 0 Å². The van der Waals surface area contributed by atoms with Crippen molar-refractivity contribution in [2.45, 2.75) is 26.5 Å². The summed E-state index contributed by atoms with van der Waals surface area (Å²) in [6.07, 6.45) is 1.78. The van der Waals surface area contributed by atoms with Crippen LogP contribution in [0.3, 0.4) is 0 Å². The maximum atomic E-state index is 12.2. The minimum absolute atomic E-state index is 0.296. The summed E-state index contributed by atoms with van der Waals surface area (Å²) in [5, 5.41) is 11.1. The first-order valence-electron chi connectivity index (χ1n) is 8.50. The fraction of sp³-hybridized carbons (Fsp3) is 0.238. The SMILES string of the molecule is CC(C)(C)C(OC(=O)/C=C\C(=O)O)[SiH](c1ccccc1)c1ccccc1. The number of hydrogen-bond donors (Lipinski definition) is 1. The lowest BCUT2D eigenvalue weighted by Crippen LogP contribution is -2.58. The number of ether oxygens (including phenoxy) is 1. The van der Waals surface area contributed by atoms with Gasteiger partial charge in [0.1, 0.15) is 14.5 Å². The first-order chi connectivity index (χ1) is 12.3. The number of hydrogen-bond acceptors (Lipinski definition) is 3. The fourth-order valence-electron chi connectivity index (χ4n) is 2.91. The van der Waals surface area contributed by atoms with Gasteiger partial charge < -0.3 is 9.84 Å². The van der Waals surface area contributed by atoms with Gasteiger partial charge in [0, 0.05) is 12.2 Å². The van der Waals surface area contributed by atoms with Crippen LogP contribution in [0.25, 0.3) is 0 Å². The molecule has 4 nitrogen and oxygen atoms in total. The van der Waals surface area contributed by atoms with Crippen molar-refractivity contribution in [3.05, 3.63) is 72.8 Å². The van der Waals surface area contributed by atoms with Gasteiger partial charge in [-0.2, -0.15) is 0 Å². The molecule has 0 amide bonds. The molecule has 0 saturated carbocycles. The summed E-state index contributed by atoms with van der Waals surface area (Å²) in [6.45, 7) is 6.12. The van der Waals surface area contributed by atoms with Crippen LogP contribution in [0, 0.1) is 5.41 Å². The Balaban J connectivity index is 2.46. The zero-order chi connectivity index (χ0) is 19.2. The topological polar surface area (TPSA) is 63.6 Å². The van der Waals surface area contributed by atoms with Gasteiger partial charge in [-0.3, -0.25) is 0 Å². The third kappa shape index (κ3) is 5.42. The van der Waals surface area contributed by atoms with Crippen molar-refractivity contribution in [2.75, 3.05) is 0 Å². The molecule has 26 heavy (non-hydrogen) atoms. The summed E-state index contributed by atoms with van der Waals surface area (Å²) in [4.78, 5) is 22.9. The highest BCUT2D eigenvalue weighted by Gasteiger charge is 2.38. The Hall–Kier alpha value is -2.66. The number of aliphatic carboxylic acids is 1. The molecule has 2 aromatic carbocycles. The zero-order valence-corrected chi connectivity index (χ0v) is 16.4. The van der Waals surface area contributed by atoms with E-state index < -0.39 is 20.7 Å². The molecule has 2 rings (SSSR count). The van der Waals surface area contributed by atoms with Gasteiger partial charge in [0.05, 0.1) is 0 Å². The Morgan fingerprint density at radius 2 is 1.38 bits per heavy atom. The maximum Gasteiger partial charge on any atom is 0.330 e. The van der Waals surface area contributed by atoms with E-state index in [1.807, 2.05) is 57.2 Å². The van der Waals surface area contributed by atoms with Crippen molar-refractivity contribution in [1.29, 1.82) is 0 Å². The van der Waals surface area contributed by atoms with Gasteiger partial charge in [0.2, 0.25) is 0 Å². The Labute approximate surface area is 155 Å². The molecule has 1 N–H and O–H groups in total. The molecule has 0 aliphatic rings. The summed E-state index contributed by atoms with van der Waals surface area (Å²) in [6, 6.07) is 20.2. The van der Waals surface area contributed by atoms with E-state index in [2.05, 4.69) is 24.3 Å². The average molecular weight is 369 g/mol. The molecule has 0 fully saturated rings. The van der Waals surface area contributed by atoms with Crippen LogP contribution in [0.15, 0.2) is 72.8 Å². The van der Waals surface area contributed by atoms with Crippen molar-refractivity contribution in [1.82, 2.24) is 0 Å². The van der Waals surface area contributed by atoms with Crippen molar-refractivity contribution >= 4 is 31.1 Å². The zero-order valence-electron chi connectivity index (χ0n) is 15.3. The Morgan fingerprint density at radius 3 is 1.77 bits per heavy atom. The minimum atomic E-state index is -1.92. The van der Waals surface area contributed by atoms with Gasteiger partial charge in [-0.1, -0.05) is 91.8 Å². The quantitative estimate of drug-likeness (QED) is 0.482. The van der Waals surface area contributed by atoms with Crippen molar-refractivity contribution in [3.8, 4) is 0 Å². The van der Waals surface area contributed by atoms with Crippen LogP contribution in [0.5, 0.6) is 0 Å². The van der Waals surface area contributed by atoms with Gasteiger partial charge >= 0.3 is 11.9 Å². The smallest absolute Gasteiger partial charge is 0.330 e. The molecule has 0 saturated heterocycles. The van der Waals surface area contributed by atoms with E-state index in [1.54, 1.807) is 0 Å². The second-order valence-electron chi connectivity index (χ2n) is 7.19. The highest BCUT2D eigenvalue weighted by atomic mass is 28.3. The van der Waals surface area contributed by atoms with Crippen LogP contribution in [0.1, 0.15) is 20.8 Å². The van der Waals surface area contributed by atoms with Crippen molar-refractivity contribution in [2.24, 2.45) is 5.41 Å². The number of carboxylic acid groups (broad SMARTS) is 1. The average Bonchev–Trinajstić information content (AvgIpc) is 2.60.